The number of thioether (sulfide) groups is 1. The molecule has 1 saturated carbocycles. The summed E-state index contributed by atoms with van der Waals surface area (Å²) in [6.45, 7) is 2.89. The first-order valence-corrected chi connectivity index (χ1v) is 8.25. The second kappa shape index (κ2) is 5.71. The van der Waals surface area contributed by atoms with Gasteiger partial charge in [-0.1, -0.05) is 25.1 Å². The minimum Gasteiger partial charge on any atom is -0.389 e. The van der Waals surface area contributed by atoms with Crippen molar-refractivity contribution < 1.29 is 0 Å². The van der Waals surface area contributed by atoms with E-state index in [2.05, 4.69) is 16.7 Å². The molecule has 6 heteroatoms. The summed E-state index contributed by atoms with van der Waals surface area (Å²) < 4.78 is 2.19. The Labute approximate surface area is 124 Å². The molecule has 0 atom stereocenters. The summed E-state index contributed by atoms with van der Waals surface area (Å²) in [7, 11) is 1.93. The molecule has 0 saturated heterocycles. The van der Waals surface area contributed by atoms with Gasteiger partial charge in [0, 0.05) is 18.3 Å². The second-order valence-corrected chi connectivity index (χ2v) is 6.96. The van der Waals surface area contributed by atoms with Gasteiger partial charge in [0.15, 0.2) is 0 Å². The maximum absolute atomic E-state index is 5.81. The third-order valence-electron chi connectivity index (χ3n) is 3.99. The Kier molecular flexibility index (Phi) is 4.40. The largest absolute Gasteiger partial charge is 0.389 e. The number of anilines is 1. The van der Waals surface area contributed by atoms with Gasteiger partial charge in [-0.15, -0.1) is 0 Å². The van der Waals surface area contributed by atoms with Crippen LogP contribution in [-0.2, 0) is 7.05 Å². The lowest BCUT2D eigenvalue weighted by Crippen LogP contribution is -2.31. The molecule has 1 aliphatic carbocycles. The van der Waals surface area contributed by atoms with E-state index in [-0.39, 0.29) is 0 Å². The number of nitrogens with one attached hydrogen (secondary N) is 1. The van der Waals surface area contributed by atoms with Crippen LogP contribution in [0.3, 0.4) is 0 Å². The SMILES string of the molecule is CSC1(CNc2c(C(N)=S)c(C)nn2C)CCCC1. The Hall–Kier alpha value is -0.750. The summed E-state index contributed by atoms with van der Waals surface area (Å²) in [5.41, 5.74) is 7.58. The number of aromatic nitrogens is 2. The minimum atomic E-state index is 0.353. The van der Waals surface area contributed by atoms with Crippen molar-refractivity contribution in [3.05, 3.63) is 11.3 Å². The van der Waals surface area contributed by atoms with Crippen molar-refractivity contribution in [1.82, 2.24) is 9.78 Å². The van der Waals surface area contributed by atoms with E-state index in [0.29, 0.717) is 9.74 Å². The van der Waals surface area contributed by atoms with Gasteiger partial charge in [-0.3, -0.25) is 4.68 Å². The molecule has 0 aliphatic heterocycles. The summed E-state index contributed by atoms with van der Waals surface area (Å²) in [5.74, 6) is 0.949. The molecule has 1 aliphatic rings. The number of aryl methyl sites for hydroxylation is 2. The van der Waals surface area contributed by atoms with Crippen LogP contribution in [0.4, 0.5) is 5.82 Å². The Morgan fingerprint density at radius 3 is 2.68 bits per heavy atom. The van der Waals surface area contributed by atoms with Crippen molar-refractivity contribution in [2.75, 3.05) is 18.1 Å². The molecule has 0 aromatic carbocycles. The van der Waals surface area contributed by atoms with Crippen LogP contribution in [0, 0.1) is 6.92 Å². The topological polar surface area (TPSA) is 55.9 Å². The standard InChI is InChI=1S/C13H22N4S2/c1-9-10(11(14)18)12(17(2)16-9)15-8-13(19-3)6-4-5-7-13/h15H,4-8H2,1-3H3,(H2,14,18). The number of nitrogens with two attached hydrogens (primary N) is 1. The van der Waals surface area contributed by atoms with Crippen molar-refractivity contribution in [2.24, 2.45) is 12.8 Å². The van der Waals surface area contributed by atoms with E-state index in [0.717, 1.165) is 23.6 Å². The van der Waals surface area contributed by atoms with Gasteiger partial charge in [0.2, 0.25) is 0 Å². The molecule has 2 rings (SSSR count). The van der Waals surface area contributed by atoms with Gasteiger partial charge in [-0.25, -0.2) is 0 Å². The van der Waals surface area contributed by atoms with Gasteiger partial charge in [-0.2, -0.15) is 16.9 Å². The summed E-state index contributed by atoms with van der Waals surface area (Å²) in [5, 5.41) is 7.94. The van der Waals surface area contributed by atoms with Crippen molar-refractivity contribution in [1.29, 1.82) is 0 Å². The average molecular weight is 298 g/mol. The van der Waals surface area contributed by atoms with E-state index in [1.807, 2.05) is 30.4 Å². The van der Waals surface area contributed by atoms with Gasteiger partial charge in [0.05, 0.1) is 11.3 Å². The predicted molar refractivity (Wildman–Crippen MR) is 87.0 cm³/mol. The van der Waals surface area contributed by atoms with Crippen LogP contribution in [-0.4, -0.2) is 32.3 Å². The highest BCUT2D eigenvalue weighted by molar-refractivity contribution is 8.00. The Morgan fingerprint density at radius 2 is 2.16 bits per heavy atom. The third-order valence-corrected chi connectivity index (χ3v) is 5.62. The summed E-state index contributed by atoms with van der Waals surface area (Å²) in [6, 6.07) is 0. The lowest BCUT2D eigenvalue weighted by molar-refractivity contribution is 0.633. The van der Waals surface area contributed by atoms with Crippen LogP contribution >= 0.6 is 24.0 Å². The van der Waals surface area contributed by atoms with Gasteiger partial charge >= 0.3 is 0 Å². The Bertz CT molecular complexity index is 475. The average Bonchev–Trinajstić information content (AvgIpc) is 2.92. The Morgan fingerprint density at radius 1 is 1.53 bits per heavy atom. The molecule has 1 heterocycles. The van der Waals surface area contributed by atoms with Crippen molar-refractivity contribution in [2.45, 2.75) is 37.4 Å². The summed E-state index contributed by atoms with van der Waals surface area (Å²) >= 11 is 7.10. The van der Waals surface area contributed by atoms with E-state index in [4.69, 9.17) is 18.0 Å². The molecule has 0 radical (unpaired) electrons. The number of thiocarbonyl (C=S) groups is 1. The quantitative estimate of drug-likeness (QED) is 0.818. The first kappa shape index (κ1) is 14.7. The van der Waals surface area contributed by atoms with Crippen LogP contribution in [0.2, 0.25) is 0 Å². The summed E-state index contributed by atoms with van der Waals surface area (Å²) in [6.07, 6.45) is 7.42. The molecule has 0 amide bonds. The molecule has 1 aromatic rings. The number of rotatable bonds is 5. The number of hydrogen-bond donors (Lipinski definition) is 2. The minimum absolute atomic E-state index is 0.353. The fraction of sp³-hybridized carbons (Fsp3) is 0.692. The molecule has 4 nitrogen and oxygen atoms in total. The fourth-order valence-electron chi connectivity index (χ4n) is 2.87. The molecule has 1 fully saturated rings. The zero-order chi connectivity index (χ0) is 14.0. The van der Waals surface area contributed by atoms with E-state index >= 15 is 0 Å². The predicted octanol–water partition coefficient (Wildman–Crippen LogP) is 2.45. The monoisotopic (exact) mass is 298 g/mol. The fourth-order valence-corrected chi connectivity index (χ4v) is 4.03. The highest BCUT2D eigenvalue weighted by Gasteiger charge is 2.33. The van der Waals surface area contributed by atoms with Crippen molar-refractivity contribution in [3.8, 4) is 0 Å². The normalized spacial score (nSPS) is 17.6. The molecular weight excluding hydrogens is 276 g/mol. The molecule has 0 bridgehead atoms. The van der Waals surface area contributed by atoms with Crippen LogP contribution < -0.4 is 11.1 Å². The van der Waals surface area contributed by atoms with Crippen LogP contribution in [0.1, 0.15) is 36.9 Å². The molecule has 1 aromatic heterocycles. The highest BCUT2D eigenvalue weighted by atomic mass is 32.2. The lowest BCUT2D eigenvalue weighted by atomic mass is 10.1. The maximum atomic E-state index is 5.81. The molecule has 19 heavy (non-hydrogen) atoms. The van der Waals surface area contributed by atoms with Crippen LogP contribution in [0.15, 0.2) is 0 Å². The first-order chi connectivity index (χ1) is 8.99. The van der Waals surface area contributed by atoms with E-state index in [1.165, 1.54) is 25.7 Å². The first-order valence-electron chi connectivity index (χ1n) is 6.61. The van der Waals surface area contributed by atoms with Crippen molar-refractivity contribution >= 4 is 34.8 Å². The Balaban J connectivity index is 2.17. The molecule has 106 valence electrons. The smallest absolute Gasteiger partial charge is 0.134 e. The molecule has 0 unspecified atom stereocenters. The van der Waals surface area contributed by atoms with Gasteiger partial charge in [0.25, 0.3) is 0 Å². The van der Waals surface area contributed by atoms with E-state index in [1.54, 1.807) is 0 Å². The zero-order valence-corrected chi connectivity index (χ0v) is 13.5. The highest BCUT2D eigenvalue weighted by Crippen LogP contribution is 2.40. The summed E-state index contributed by atoms with van der Waals surface area (Å²) in [4.78, 5) is 0.415. The van der Waals surface area contributed by atoms with Gasteiger partial charge in [0.1, 0.15) is 10.8 Å². The lowest BCUT2D eigenvalue weighted by Gasteiger charge is -2.27. The third kappa shape index (κ3) is 2.89. The molecular formula is C13H22N4S2. The van der Waals surface area contributed by atoms with E-state index in [9.17, 15) is 0 Å². The molecule has 3 N–H and O–H groups in total. The zero-order valence-electron chi connectivity index (χ0n) is 11.8. The van der Waals surface area contributed by atoms with Gasteiger partial charge < -0.3 is 11.1 Å². The number of nitrogens with zero attached hydrogens (tertiary/aromatic N) is 2. The maximum Gasteiger partial charge on any atom is 0.134 e. The van der Waals surface area contributed by atoms with Crippen LogP contribution in [0.25, 0.3) is 0 Å². The molecule has 0 spiro atoms. The second-order valence-electron chi connectivity index (χ2n) is 5.24. The van der Waals surface area contributed by atoms with Crippen molar-refractivity contribution in [3.63, 3.8) is 0 Å². The number of hydrogen-bond acceptors (Lipinski definition) is 4. The van der Waals surface area contributed by atoms with Crippen LogP contribution in [0.5, 0.6) is 0 Å². The van der Waals surface area contributed by atoms with Gasteiger partial charge in [-0.05, 0) is 26.0 Å². The van der Waals surface area contributed by atoms with E-state index < -0.39 is 0 Å².